The summed E-state index contributed by atoms with van der Waals surface area (Å²) in [4.78, 5) is 22.1. The topological polar surface area (TPSA) is 98.1 Å². The molecule has 0 aliphatic carbocycles. The minimum absolute atomic E-state index is 0. The van der Waals surface area contributed by atoms with Crippen molar-refractivity contribution in [3.8, 4) is 0 Å². The zero-order valence-electron chi connectivity index (χ0n) is 12.2. The van der Waals surface area contributed by atoms with Crippen molar-refractivity contribution < 1.29 is 4.79 Å². The van der Waals surface area contributed by atoms with Gasteiger partial charge in [-0.05, 0) is 30.9 Å². The number of carbonyl (C=O) groups is 1. The van der Waals surface area contributed by atoms with Gasteiger partial charge < -0.3 is 16.4 Å². The maximum Gasteiger partial charge on any atom is 0.227 e. The average Bonchev–Trinajstić information content (AvgIpc) is 2.47. The Bertz CT molecular complexity index is 670. The predicted molar refractivity (Wildman–Crippen MR) is 89.9 cm³/mol. The lowest BCUT2D eigenvalue weighted by Crippen LogP contribution is -2.36. The number of para-hydroxylation sites is 1. The Labute approximate surface area is 135 Å². The largest absolute Gasteiger partial charge is 0.383 e. The van der Waals surface area contributed by atoms with Gasteiger partial charge in [-0.25, -0.2) is 4.98 Å². The van der Waals surface area contributed by atoms with E-state index in [1.807, 2.05) is 24.3 Å². The zero-order valence-corrected chi connectivity index (χ0v) is 13.1. The summed E-state index contributed by atoms with van der Waals surface area (Å²) in [6, 6.07) is 7.74. The normalized spacial score (nSPS) is 15.5. The number of fused-ring (bicyclic) bond motifs is 1. The van der Waals surface area contributed by atoms with E-state index in [9.17, 15) is 4.79 Å². The highest BCUT2D eigenvalue weighted by atomic mass is 35.5. The molecule has 2 aromatic rings. The van der Waals surface area contributed by atoms with Crippen LogP contribution in [0, 0.1) is 5.92 Å². The number of primary amides is 1. The van der Waals surface area contributed by atoms with Crippen LogP contribution in [-0.2, 0) is 4.79 Å². The third-order valence-electron chi connectivity index (χ3n) is 4.01. The molecule has 1 fully saturated rings. The van der Waals surface area contributed by atoms with Crippen molar-refractivity contribution in [3.63, 3.8) is 0 Å². The lowest BCUT2D eigenvalue weighted by Gasteiger charge is -2.31. The molecule has 7 heteroatoms. The first-order chi connectivity index (χ1) is 10.1. The number of benzene rings is 1. The zero-order chi connectivity index (χ0) is 14.8. The van der Waals surface area contributed by atoms with Crippen molar-refractivity contribution >= 4 is 41.0 Å². The summed E-state index contributed by atoms with van der Waals surface area (Å²) >= 11 is 0. The van der Waals surface area contributed by atoms with Gasteiger partial charge in [0.05, 0.1) is 5.52 Å². The summed E-state index contributed by atoms with van der Waals surface area (Å²) in [5, 5.41) is 0.880. The van der Waals surface area contributed by atoms with Crippen LogP contribution in [0.1, 0.15) is 19.3 Å². The fraction of sp³-hybridized carbons (Fsp3) is 0.400. The van der Waals surface area contributed by atoms with Crippen molar-refractivity contribution in [2.24, 2.45) is 11.7 Å². The predicted octanol–water partition coefficient (Wildman–Crippen LogP) is 1.73. The quantitative estimate of drug-likeness (QED) is 0.897. The van der Waals surface area contributed by atoms with E-state index in [0.29, 0.717) is 24.1 Å². The van der Waals surface area contributed by atoms with Crippen LogP contribution >= 0.6 is 12.4 Å². The molecule has 3 rings (SSSR count). The van der Waals surface area contributed by atoms with E-state index < -0.39 is 0 Å². The van der Waals surface area contributed by atoms with E-state index in [1.165, 1.54) is 0 Å². The molecule has 0 spiro atoms. The molecule has 6 nitrogen and oxygen atoms in total. The number of aromatic nitrogens is 2. The number of hydrogen-bond acceptors (Lipinski definition) is 5. The highest BCUT2D eigenvalue weighted by Gasteiger charge is 2.22. The van der Waals surface area contributed by atoms with Crippen molar-refractivity contribution in [1.82, 2.24) is 9.97 Å². The van der Waals surface area contributed by atoms with E-state index in [4.69, 9.17) is 11.5 Å². The van der Waals surface area contributed by atoms with Gasteiger partial charge >= 0.3 is 0 Å². The van der Waals surface area contributed by atoms with E-state index in [1.54, 1.807) is 0 Å². The van der Waals surface area contributed by atoms with Crippen LogP contribution < -0.4 is 16.4 Å². The second-order valence-corrected chi connectivity index (χ2v) is 5.53. The number of halogens is 1. The highest BCUT2D eigenvalue weighted by molar-refractivity contribution is 5.88. The van der Waals surface area contributed by atoms with E-state index >= 15 is 0 Å². The highest BCUT2D eigenvalue weighted by Crippen LogP contribution is 2.26. The molecule has 1 aliphatic rings. The standard InChI is InChI=1S/C15H19N5O.ClH/c16-13(21)9-10-5-7-20(8-6-10)15-18-12-4-2-1-3-11(12)14(17)19-15;/h1-4,10H,5-9H2,(H2,16,21)(H2,17,18,19);1H. The molecule has 2 heterocycles. The fourth-order valence-electron chi connectivity index (χ4n) is 2.85. The van der Waals surface area contributed by atoms with Crippen LogP contribution in [-0.4, -0.2) is 29.0 Å². The van der Waals surface area contributed by atoms with Crippen LogP contribution in [0.25, 0.3) is 10.9 Å². The van der Waals surface area contributed by atoms with Gasteiger partial charge in [-0.15, -0.1) is 12.4 Å². The first-order valence-corrected chi connectivity index (χ1v) is 7.19. The summed E-state index contributed by atoms with van der Waals surface area (Å²) in [5.74, 6) is 1.33. The summed E-state index contributed by atoms with van der Waals surface area (Å²) < 4.78 is 0. The molecular weight excluding hydrogens is 302 g/mol. The molecular formula is C15H20ClN5O. The van der Waals surface area contributed by atoms with Gasteiger partial charge in [0.1, 0.15) is 5.82 Å². The van der Waals surface area contributed by atoms with Crippen LogP contribution in [0.15, 0.2) is 24.3 Å². The van der Waals surface area contributed by atoms with Gasteiger partial charge in [0.15, 0.2) is 0 Å². The van der Waals surface area contributed by atoms with Crippen LogP contribution in [0.3, 0.4) is 0 Å². The SMILES string of the molecule is Cl.NC(=O)CC1CCN(c2nc(N)c3ccccc3n2)CC1. The number of hydrogen-bond donors (Lipinski definition) is 2. The van der Waals surface area contributed by atoms with Crippen molar-refractivity contribution in [3.05, 3.63) is 24.3 Å². The maximum absolute atomic E-state index is 11.0. The molecule has 0 radical (unpaired) electrons. The lowest BCUT2D eigenvalue weighted by atomic mass is 9.93. The number of piperidine rings is 1. The number of nitrogen functional groups attached to an aromatic ring is 1. The van der Waals surface area contributed by atoms with E-state index in [2.05, 4.69) is 14.9 Å². The Hall–Kier alpha value is -2.08. The van der Waals surface area contributed by atoms with Gasteiger partial charge in [-0.2, -0.15) is 4.98 Å². The molecule has 1 amide bonds. The summed E-state index contributed by atoms with van der Waals surface area (Å²) in [7, 11) is 0. The molecule has 0 unspecified atom stereocenters. The smallest absolute Gasteiger partial charge is 0.227 e. The Morgan fingerprint density at radius 1 is 1.23 bits per heavy atom. The number of anilines is 2. The number of nitrogens with zero attached hydrogens (tertiary/aromatic N) is 3. The summed E-state index contributed by atoms with van der Waals surface area (Å²) in [6.45, 7) is 1.66. The molecule has 0 saturated carbocycles. The molecule has 4 N–H and O–H groups in total. The van der Waals surface area contributed by atoms with Gasteiger partial charge in [-0.3, -0.25) is 4.79 Å². The van der Waals surface area contributed by atoms with Crippen molar-refractivity contribution in [2.45, 2.75) is 19.3 Å². The minimum Gasteiger partial charge on any atom is -0.383 e. The fourth-order valence-corrected chi connectivity index (χ4v) is 2.85. The Balaban J connectivity index is 0.00000176. The van der Waals surface area contributed by atoms with Gasteiger partial charge in [-0.1, -0.05) is 12.1 Å². The van der Waals surface area contributed by atoms with Gasteiger partial charge in [0, 0.05) is 24.9 Å². The molecule has 1 aromatic heterocycles. The van der Waals surface area contributed by atoms with Crippen LogP contribution in [0.5, 0.6) is 0 Å². The third kappa shape index (κ3) is 3.39. The average molecular weight is 322 g/mol. The van der Waals surface area contributed by atoms with E-state index in [0.717, 1.165) is 36.8 Å². The number of nitrogens with two attached hydrogens (primary N) is 2. The van der Waals surface area contributed by atoms with Gasteiger partial charge in [0.2, 0.25) is 11.9 Å². The van der Waals surface area contributed by atoms with Crippen LogP contribution in [0.2, 0.25) is 0 Å². The Morgan fingerprint density at radius 3 is 2.59 bits per heavy atom. The Morgan fingerprint density at radius 2 is 1.91 bits per heavy atom. The van der Waals surface area contributed by atoms with Crippen molar-refractivity contribution in [1.29, 1.82) is 0 Å². The minimum atomic E-state index is -0.223. The van der Waals surface area contributed by atoms with Gasteiger partial charge in [0.25, 0.3) is 0 Å². The lowest BCUT2D eigenvalue weighted by molar-refractivity contribution is -0.119. The number of amides is 1. The molecule has 1 saturated heterocycles. The van der Waals surface area contributed by atoms with E-state index in [-0.39, 0.29) is 18.3 Å². The third-order valence-corrected chi connectivity index (χ3v) is 4.01. The number of carbonyl (C=O) groups excluding carboxylic acids is 1. The maximum atomic E-state index is 11.0. The second-order valence-electron chi connectivity index (χ2n) is 5.53. The second kappa shape index (κ2) is 6.79. The molecule has 22 heavy (non-hydrogen) atoms. The number of rotatable bonds is 3. The summed E-state index contributed by atoms with van der Waals surface area (Å²) in [5.41, 5.74) is 12.1. The summed E-state index contributed by atoms with van der Waals surface area (Å²) in [6.07, 6.45) is 2.33. The monoisotopic (exact) mass is 321 g/mol. The first kappa shape index (κ1) is 16.3. The molecule has 1 aliphatic heterocycles. The van der Waals surface area contributed by atoms with Crippen molar-refractivity contribution in [2.75, 3.05) is 23.7 Å². The molecule has 1 aromatic carbocycles. The first-order valence-electron chi connectivity index (χ1n) is 7.19. The van der Waals surface area contributed by atoms with Crippen LogP contribution in [0.4, 0.5) is 11.8 Å². The molecule has 118 valence electrons. The molecule has 0 atom stereocenters. The molecule has 0 bridgehead atoms. The Kier molecular flexibility index (Phi) is 5.03.